The molecule has 6 nitrogen and oxygen atoms in total. The molecule has 26 heavy (non-hydrogen) atoms. The molecule has 1 aliphatic heterocycles. The van der Waals surface area contributed by atoms with Gasteiger partial charge < -0.3 is 9.64 Å². The van der Waals surface area contributed by atoms with E-state index < -0.39 is 0 Å². The zero-order valence-corrected chi connectivity index (χ0v) is 16.8. The number of benzene rings is 1. The maximum atomic E-state index is 12.2. The summed E-state index contributed by atoms with van der Waals surface area (Å²) in [5.74, 6) is 0.889. The summed E-state index contributed by atoms with van der Waals surface area (Å²) >= 11 is 4.95. The fraction of sp³-hybridized carbons (Fsp3) is 0.389. The van der Waals surface area contributed by atoms with Gasteiger partial charge in [0, 0.05) is 42.2 Å². The maximum Gasteiger partial charge on any atom is 0.275 e. The summed E-state index contributed by atoms with van der Waals surface area (Å²) in [6.45, 7) is 3.71. The van der Waals surface area contributed by atoms with Gasteiger partial charge in [-0.15, -0.1) is 5.10 Å². The van der Waals surface area contributed by atoms with Crippen LogP contribution in [0.15, 0.2) is 39.6 Å². The molecule has 0 amide bonds. The lowest BCUT2D eigenvalue weighted by atomic mass is 10.1. The summed E-state index contributed by atoms with van der Waals surface area (Å²) in [4.78, 5) is 19.6. The fourth-order valence-electron chi connectivity index (χ4n) is 3.05. The summed E-state index contributed by atoms with van der Waals surface area (Å²) in [6.07, 6.45) is 2.79. The van der Waals surface area contributed by atoms with Crippen molar-refractivity contribution < 1.29 is 4.74 Å². The van der Waals surface area contributed by atoms with Crippen molar-refractivity contribution in [2.75, 3.05) is 18.0 Å². The molecule has 3 aromatic rings. The predicted molar refractivity (Wildman–Crippen MR) is 107 cm³/mol. The van der Waals surface area contributed by atoms with Crippen LogP contribution in [0.3, 0.4) is 0 Å². The number of rotatable bonds is 4. The number of hydrogen-bond donors (Lipinski definition) is 0. The Kier molecular flexibility index (Phi) is 4.95. The van der Waals surface area contributed by atoms with Crippen LogP contribution in [0.1, 0.15) is 25.5 Å². The minimum Gasteiger partial charge on any atom is -0.490 e. The topological polar surface area (TPSA) is 59.7 Å². The van der Waals surface area contributed by atoms with Crippen LogP contribution < -0.4 is 15.2 Å². The molecule has 0 aliphatic carbocycles. The van der Waals surface area contributed by atoms with Gasteiger partial charge in [0.2, 0.25) is 10.1 Å². The first kappa shape index (κ1) is 17.5. The van der Waals surface area contributed by atoms with E-state index >= 15 is 0 Å². The second-order valence-electron chi connectivity index (χ2n) is 6.28. The lowest BCUT2D eigenvalue weighted by molar-refractivity contribution is 0.171. The quantitative estimate of drug-likeness (QED) is 0.628. The standard InChI is InChI=1S/C18H19BrN4O2S/c1-2-13-11-16(24)23-17(20-13)26-18(21-23)22-8-6-14(7-9-22)25-15-5-3-4-12(19)10-15/h3-5,10-11,14H,2,6-9H2,1H3. The Morgan fingerprint density at radius 1 is 1.31 bits per heavy atom. The number of aromatic nitrogens is 3. The highest BCUT2D eigenvalue weighted by atomic mass is 79.9. The van der Waals surface area contributed by atoms with E-state index in [1.807, 2.05) is 31.2 Å². The molecule has 1 aliphatic rings. The van der Waals surface area contributed by atoms with Crippen LogP contribution in [0.25, 0.3) is 4.96 Å². The third kappa shape index (κ3) is 3.61. The van der Waals surface area contributed by atoms with Gasteiger partial charge in [-0.2, -0.15) is 4.52 Å². The molecule has 2 aromatic heterocycles. The van der Waals surface area contributed by atoms with E-state index in [-0.39, 0.29) is 11.7 Å². The van der Waals surface area contributed by atoms with Gasteiger partial charge in [0.05, 0.1) is 0 Å². The molecular formula is C18H19BrN4O2S. The van der Waals surface area contributed by atoms with Gasteiger partial charge in [0.15, 0.2) is 0 Å². The Hall–Kier alpha value is -1.93. The summed E-state index contributed by atoms with van der Waals surface area (Å²) in [7, 11) is 0. The lowest BCUT2D eigenvalue weighted by Crippen LogP contribution is -2.38. The molecule has 0 unspecified atom stereocenters. The van der Waals surface area contributed by atoms with Crippen LogP contribution in [-0.2, 0) is 6.42 Å². The zero-order valence-electron chi connectivity index (χ0n) is 14.4. The van der Waals surface area contributed by atoms with Gasteiger partial charge in [-0.3, -0.25) is 4.79 Å². The van der Waals surface area contributed by atoms with Crippen LogP contribution in [0.5, 0.6) is 5.75 Å². The van der Waals surface area contributed by atoms with Gasteiger partial charge in [0.1, 0.15) is 11.9 Å². The largest absolute Gasteiger partial charge is 0.490 e. The van der Waals surface area contributed by atoms with Crippen molar-refractivity contribution >= 4 is 37.4 Å². The Labute approximate surface area is 163 Å². The van der Waals surface area contributed by atoms with Crippen molar-refractivity contribution in [1.29, 1.82) is 0 Å². The number of anilines is 1. The van der Waals surface area contributed by atoms with E-state index in [4.69, 9.17) is 4.74 Å². The highest BCUT2D eigenvalue weighted by Crippen LogP contribution is 2.27. The fourth-order valence-corrected chi connectivity index (χ4v) is 4.41. The molecule has 1 aromatic carbocycles. The van der Waals surface area contributed by atoms with Gasteiger partial charge in [-0.25, -0.2) is 4.98 Å². The second kappa shape index (κ2) is 7.36. The van der Waals surface area contributed by atoms with Crippen molar-refractivity contribution in [3.05, 3.63) is 50.9 Å². The number of halogens is 1. The normalized spacial score (nSPS) is 15.5. The van der Waals surface area contributed by atoms with Crippen molar-refractivity contribution in [1.82, 2.24) is 14.6 Å². The average Bonchev–Trinajstić information content (AvgIpc) is 3.07. The first-order valence-corrected chi connectivity index (χ1v) is 10.3. The zero-order chi connectivity index (χ0) is 18.1. The first-order chi connectivity index (χ1) is 12.6. The van der Waals surface area contributed by atoms with Crippen LogP contribution in [-0.4, -0.2) is 33.8 Å². The molecule has 0 radical (unpaired) electrons. The monoisotopic (exact) mass is 434 g/mol. The predicted octanol–water partition coefficient (Wildman–Crippen LogP) is 3.52. The number of aryl methyl sites for hydroxylation is 1. The van der Waals surface area contributed by atoms with Crippen LogP contribution in [0.4, 0.5) is 5.13 Å². The summed E-state index contributed by atoms with van der Waals surface area (Å²) in [6, 6.07) is 9.50. The summed E-state index contributed by atoms with van der Waals surface area (Å²) < 4.78 is 8.51. The van der Waals surface area contributed by atoms with Crippen molar-refractivity contribution in [3.8, 4) is 5.75 Å². The van der Waals surface area contributed by atoms with E-state index in [9.17, 15) is 4.79 Å². The van der Waals surface area contributed by atoms with E-state index in [0.717, 1.165) is 53.4 Å². The van der Waals surface area contributed by atoms with Crippen molar-refractivity contribution in [2.24, 2.45) is 0 Å². The van der Waals surface area contributed by atoms with Gasteiger partial charge in [0.25, 0.3) is 5.56 Å². The van der Waals surface area contributed by atoms with Gasteiger partial charge in [-0.05, 0) is 24.6 Å². The molecule has 0 spiro atoms. The molecule has 0 saturated carbocycles. The first-order valence-electron chi connectivity index (χ1n) is 8.69. The smallest absolute Gasteiger partial charge is 0.275 e. The third-order valence-corrected chi connectivity index (χ3v) is 5.92. The van der Waals surface area contributed by atoms with E-state index in [1.54, 1.807) is 6.07 Å². The Morgan fingerprint density at radius 3 is 2.85 bits per heavy atom. The molecule has 4 rings (SSSR count). The number of piperidine rings is 1. The minimum absolute atomic E-state index is 0.109. The van der Waals surface area contributed by atoms with E-state index in [2.05, 4.69) is 30.9 Å². The Morgan fingerprint density at radius 2 is 2.12 bits per heavy atom. The SMILES string of the molecule is CCc1cc(=O)n2nc(N3CCC(Oc4cccc(Br)c4)CC3)sc2n1. The Bertz CT molecular complexity index is 979. The van der Waals surface area contributed by atoms with Gasteiger partial charge >= 0.3 is 0 Å². The van der Waals surface area contributed by atoms with E-state index in [0.29, 0.717) is 4.96 Å². The van der Waals surface area contributed by atoms with Crippen LogP contribution in [0, 0.1) is 0 Å². The van der Waals surface area contributed by atoms with Crippen LogP contribution in [0.2, 0.25) is 0 Å². The number of nitrogens with zero attached hydrogens (tertiary/aromatic N) is 4. The number of hydrogen-bond acceptors (Lipinski definition) is 6. The molecule has 136 valence electrons. The Balaban J connectivity index is 1.45. The third-order valence-electron chi connectivity index (χ3n) is 4.46. The number of ether oxygens (including phenoxy) is 1. The molecule has 8 heteroatoms. The highest BCUT2D eigenvalue weighted by Gasteiger charge is 2.23. The lowest BCUT2D eigenvalue weighted by Gasteiger charge is -2.31. The summed E-state index contributed by atoms with van der Waals surface area (Å²) in [5, 5.41) is 5.32. The molecular weight excluding hydrogens is 416 g/mol. The molecule has 3 heterocycles. The highest BCUT2D eigenvalue weighted by molar-refractivity contribution is 9.10. The van der Waals surface area contributed by atoms with Gasteiger partial charge in [-0.1, -0.05) is 40.3 Å². The molecule has 1 fully saturated rings. The van der Waals surface area contributed by atoms with Crippen LogP contribution >= 0.6 is 27.3 Å². The van der Waals surface area contributed by atoms with Crippen molar-refractivity contribution in [2.45, 2.75) is 32.3 Å². The second-order valence-corrected chi connectivity index (χ2v) is 8.13. The number of fused-ring (bicyclic) bond motifs is 1. The molecule has 0 atom stereocenters. The maximum absolute atomic E-state index is 12.2. The van der Waals surface area contributed by atoms with E-state index in [1.165, 1.54) is 15.9 Å². The molecule has 0 bridgehead atoms. The molecule has 1 saturated heterocycles. The minimum atomic E-state index is -0.109. The molecule has 0 N–H and O–H groups in total. The summed E-state index contributed by atoms with van der Waals surface area (Å²) in [5.41, 5.74) is 0.702. The average molecular weight is 435 g/mol. The van der Waals surface area contributed by atoms with Crippen molar-refractivity contribution in [3.63, 3.8) is 0 Å².